The molecular formula is C31H35ClF2N6O2. The van der Waals surface area contributed by atoms with Crippen LogP contribution >= 0.6 is 11.6 Å². The van der Waals surface area contributed by atoms with E-state index >= 15 is 4.39 Å². The average Bonchev–Trinajstić information content (AvgIpc) is 3.57. The maximum Gasteiger partial charge on any atom is 0.318 e. The number of hydrogen-bond donors (Lipinski definition) is 0. The van der Waals surface area contributed by atoms with Gasteiger partial charge in [0.15, 0.2) is 12.0 Å². The van der Waals surface area contributed by atoms with Gasteiger partial charge < -0.3 is 19.4 Å². The zero-order valence-electron chi connectivity index (χ0n) is 23.8. The number of carbonyl (C=O) groups excluding carboxylic acids is 1. The van der Waals surface area contributed by atoms with Crippen LogP contribution in [0.1, 0.15) is 60.7 Å². The van der Waals surface area contributed by atoms with Gasteiger partial charge in [-0.25, -0.2) is 8.78 Å². The molecule has 222 valence electrons. The lowest BCUT2D eigenvalue weighted by Gasteiger charge is -2.43. The van der Waals surface area contributed by atoms with E-state index < -0.39 is 29.4 Å². The zero-order valence-corrected chi connectivity index (χ0v) is 24.5. The molecule has 0 bridgehead atoms. The number of rotatable bonds is 6. The van der Waals surface area contributed by atoms with Gasteiger partial charge in [0.2, 0.25) is 0 Å². The smallest absolute Gasteiger partial charge is 0.318 e. The number of ether oxygens (including phenoxy) is 1. The highest BCUT2D eigenvalue weighted by molar-refractivity contribution is 6.31. The summed E-state index contributed by atoms with van der Waals surface area (Å²) in [6.07, 6.45) is 3.24. The molecule has 0 N–H and O–H groups in total. The summed E-state index contributed by atoms with van der Waals surface area (Å²) in [6.45, 7) is 5.32. The summed E-state index contributed by atoms with van der Waals surface area (Å²) in [5.41, 5.74) is 2.30. The largest absolute Gasteiger partial charge is 0.462 e. The number of halogens is 3. The van der Waals surface area contributed by atoms with E-state index in [4.69, 9.17) is 26.3 Å². The number of alkyl halides is 1. The second-order valence-corrected chi connectivity index (χ2v) is 12.3. The highest BCUT2D eigenvalue weighted by Crippen LogP contribution is 2.56. The summed E-state index contributed by atoms with van der Waals surface area (Å²) in [7, 11) is 2.06. The van der Waals surface area contributed by atoms with Gasteiger partial charge in [0.1, 0.15) is 12.4 Å². The van der Waals surface area contributed by atoms with Crippen molar-refractivity contribution < 1.29 is 18.3 Å². The average molecular weight is 597 g/mol. The number of benzene rings is 1. The van der Waals surface area contributed by atoms with Crippen LogP contribution in [0.4, 0.5) is 14.6 Å². The third kappa shape index (κ3) is 4.90. The topological polar surface area (TPSA) is 85.6 Å². The molecule has 8 nitrogen and oxygen atoms in total. The number of nitrogens with zero attached hydrogens (tertiary/aromatic N) is 6. The van der Waals surface area contributed by atoms with Crippen LogP contribution in [0.3, 0.4) is 0 Å². The van der Waals surface area contributed by atoms with Gasteiger partial charge in [0, 0.05) is 41.7 Å². The summed E-state index contributed by atoms with van der Waals surface area (Å²) in [5.74, 6) is -1.31. The molecule has 4 aliphatic rings. The molecule has 0 saturated carbocycles. The highest BCUT2D eigenvalue weighted by atomic mass is 35.5. The lowest BCUT2D eigenvalue weighted by atomic mass is 9.68. The van der Waals surface area contributed by atoms with Crippen LogP contribution in [-0.2, 0) is 23.1 Å². The van der Waals surface area contributed by atoms with Gasteiger partial charge >= 0.3 is 6.01 Å². The lowest BCUT2D eigenvalue weighted by Crippen LogP contribution is -2.55. The van der Waals surface area contributed by atoms with E-state index in [2.05, 4.69) is 24.6 Å². The maximum atomic E-state index is 17.0. The predicted octanol–water partition coefficient (Wildman–Crippen LogP) is 4.86. The van der Waals surface area contributed by atoms with E-state index in [1.54, 1.807) is 0 Å². The Hall–Kier alpha value is -3.29. The third-order valence-electron chi connectivity index (χ3n) is 9.70. The maximum absolute atomic E-state index is 17.0. The molecule has 11 heteroatoms. The van der Waals surface area contributed by atoms with Crippen molar-refractivity contribution in [2.45, 2.75) is 68.6 Å². The minimum Gasteiger partial charge on any atom is -0.462 e. The van der Waals surface area contributed by atoms with Gasteiger partial charge in [0.05, 0.1) is 24.2 Å². The molecule has 1 aromatic carbocycles. The van der Waals surface area contributed by atoms with Crippen molar-refractivity contribution in [3.63, 3.8) is 0 Å². The van der Waals surface area contributed by atoms with Crippen LogP contribution in [-0.4, -0.2) is 77.6 Å². The second kappa shape index (κ2) is 11.4. The van der Waals surface area contributed by atoms with E-state index in [1.165, 1.54) is 4.90 Å². The molecule has 1 aromatic heterocycles. The normalized spacial score (nSPS) is 27.1. The first-order valence-electron chi connectivity index (χ1n) is 14.7. The Morgan fingerprint density at radius 1 is 1.21 bits per heavy atom. The standard InChI is InChI=1S/C31H35ClF2N6O2/c1-19(33)29(41)40-16-15-39(17-20(40)10-13-35)28-23-9-12-31(11-8-22-24(31)6-3-7-25(22)32)27(34)26(23)36-30(37-28)42-18-21-5-4-14-38(21)2/h3,6-7,20-21,27H,1,4-5,8-12,14-18H2,2H3/t20-,21-,27+,31+/m0/s1. The van der Waals surface area contributed by atoms with Crippen molar-refractivity contribution in [1.82, 2.24) is 19.8 Å². The number of piperazine rings is 1. The third-order valence-corrected chi connectivity index (χ3v) is 10.1. The molecule has 2 saturated heterocycles. The number of aromatic nitrogens is 2. The Labute approximate surface area is 249 Å². The number of fused-ring (bicyclic) bond motifs is 3. The Balaban J connectivity index is 1.37. The summed E-state index contributed by atoms with van der Waals surface area (Å²) < 4.78 is 36.9. The van der Waals surface area contributed by atoms with E-state index in [9.17, 15) is 14.4 Å². The number of likely N-dealkylation sites (tertiary alicyclic amines) is 1. The fourth-order valence-electron chi connectivity index (χ4n) is 7.38. The number of nitriles is 1. The first-order valence-corrected chi connectivity index (χ1v) is 15.0. The van der Waals surface area contributed by atoms with Crippen molar-refractivity contribution in [3.05, 3.63) is 58.0 Å². The van der Waals surface area contributed by atoms with Gasteiger partial charge in [-0.1, -0.05) is 30.3 Å². The van der Waals surface area contributed by atoms with Crippen molar-refractivity contribution >= 4 is 23.3 Å². The Morgan fingerprint density at radius 3 is 2.71 bits per heavy atom. The molecule has 2 aromatic rings. The molecule has 2 fully saturated rings. The molecule has 2 aliphatic heterocycles. The molecule has 1 amide bonds. The number of anilines is 1. The lowest BCUT2D eigenvalue weighted by molar-refractivity contribution is -0.131. The van der Waals surface area contributed by atoms with Gasteiger partial charge in [-0.05, 0) is 69.3 Å². The summed E-state index contributed by atoms with van der Waals surface area (Å²) in [6, 6.07) is 7.63. The molecule has 6 rings (SSSR count). The Morgan fingerprint density at radius 2 is 2.00 bits per heavy atom. The van der Waals surface area contributed by atoms with Crippen molar-refractivity contribution in [2.75, 3.05) is 44.7 Å². The molecule has 42 heavy (non-hydrogen) atoms. The monoisotopic (exact) mass is 596 g/mol. The summed E-state index contributed by atoms with van der Waals surface area (Å²) >= 11 is 6.52. The van der Waals surface area contributed by atoms with E-state index in [0.29, 0.717) is 55.4 Å². The van der Waals surface area contributed by atoms with Gasteiger partial charge in [-0.2, -0.15) is 15.2 Å². The van der Waals surface area contributed by atoms with Crippen molar-refractivity contribution in [3.8, 4) is 12.1 Å². The van der Waals surface area contributed by atoms with Crippen LogP contribution in [0, 0.1) is 11.3 Å². The Bertz CT molecular complexity index is 1450. The van der Waals surface area contributed by atoms with Gasteiger partial charge in [-0.15, -0.1) is 0 Å². The fourth-order valence-corrected chi connectivity index (χ4v) is 7.65. The molecule has 0 unspecified atom stereocenters. The molecular weight excluding hydrogens is 562 g/mol. The van der Waals surface area contributed by atoms with E-state index in [-0.39, 0.29) is 31.6 Å². The van der Waals surface area contributed by atoms with Crippen LogP contribution in [0.2, 0.25) is 5.02 Å². The molecule has 4 atom stereocenters. The van der Waals surface area contributed by atoms with Crippen LogP contribution in [0.15, 0.2) is 30.6 Å². The second-order valence-electron chi connectivity index (χ2n) is 11.9. The quantitative estimate of drug-likeness (QED) is 0.440. The van der Waals surface area contributed by atoms with E-state index in [0.717, 1.165) is 36.1 Å². The predicted molar refractivity (Wildman–Crippen MR) is 155 cm³/mol. The number of amides is 1. The highest BCUT2D eigenvalue weighted by Gasteiger charge is 2.51. The first-order chi connectivity index (χ1) is 20.2. The number of carbonyl (C=O) groups is 1. The Kier molecular flexibility index (Phi) is 7.83. The van der Waals surface area contributed by atoms with Gasteiger partial charge in [-0.3, -0.25) is 4.79 Å². The molecule has 3 heterocycles. The van der Waals surface area contributed by atoms with Gasteiger partial charge in [0.25, 0.3) is 5.91 Å². The molecule has 1 spiro atoms. The minimum absolute atomic E-state index is 0.0204. The molecule has 2 aliphatic carbocycles. The van der Waals surface area contributed by atoms with Crippen molar-refractivity contribution in [2.24, 2.45) is 0 Å². The minimum atomic E-state index is -1.38. The van der Waals surface area contributed by atoms with Crippen LogP contribution < -0.4 is 9.64 Å². The molecule has 0 radical (unpaired) electrons. The number of hydrogen-bond acceptors (Lipinski definition) is 7. The van der Waals surface area contributed by atoms with Crippen molar-refractivity contribution in [1.29, 1.82) is 5.26 Å². The summed E-state index contributed by atoms with van der Waals surface area (Å²) in [4.78, 5) is 27.6. The fraction of sp³-hybridized carbons (Fsp3) is 0.548. The first kappa shape index (κ1) is 28.8. The SMILES string of the molecule is C=C(F)C(=O)N1CCN(c2nc(OC[C@@H]3CCCN3C)nc3c2CC[C@@]2(CCc4c(Cl)cccc42)[C@@H]3F)C[C@@H]1CC#N. The summed E-state index contributed by atoms with van der Waals surface area (Å²) in [5, 5.41) is 10.1. The zero-order chi connectivity index (χ0) is 29.6. The van der Waals surface area contributed by atoms with Crippen LogP contribution in [0.25, 0.3) is 0 Å². The van der Waals surface area contributed by atoms with Crippen LogP contribution in [0.5, 0.6) is 6.01 Å². The van der Waals surface area contributed by atoms with E-state index in [1.807, 2.05) is 23.1 Å². The number of likely N-dealkylation sites (N-methyl/N-ethyl adjacent to an activating group) is 1.